The van der Waals surface area contributed by atoms with E-state index in [-0.39, 0.29) is 11.8 Å². The molecular weight excluding hydrogens is 352 g/mol. The number of hydrogen-bond acceptors (Lipinski definition) is 4. The summed E-state index contributed by atoms with van der Waals surface area (Å²) in [4.78, 5) is 33.3. The van der Waals surface area contributed by atoms with Gasteiger partial charge in [-0.1, -0.05) is 18.6 Å². The lowest BCUT2D eigenvalue weighted by Gasteiger charge is -2.46. The quantitative estimate of drug-likeness (QED) is 0.887. The Hall–Kier alpha value is -2.73. The van der Waals surface area contributed by atoms with Gasteiger partial charge in [0.1, 0.15) is 0 Å². The average Bonchev–Trinajstić information content (AvgIpc) is 2.73. The fourth-order valence-electron chi connectivity index (χ4n) is 3.98. The number of rotatable bonds is 4. The van der Waals surface area contributed by atoms with Crippen LogP contribution in [0.25, 0.3) is 11.3 Å². The molecule has 146 valence electrons. The van der Waals surface area contributed by atoms with Crippen molar-refractivity contribution < 1.29 is 9.59 Å². The number of amides is 2. The van der Waals surface area contributed by atoms with Crippen molar-refractivity contribution in [1.29, 1.82) is 0 Å². The van der Waals surface area contributed by atoms with Crippen molar-refractivity contribution >= 4 is 11.8 Å². The summed E-state index contributed by atoms with van der Waals surface area (Å²) < 4.78 is 0. The summed E-state index contributed by atoms with van der Waals surface area (Å²) in [5, 5.41) is 2.62. The number of nitrogens with one attached hydrogen (secondary N) is 1. The normalized spacial score (nSPS) is 17.8. The number of carbonyl (C=O) groups is 2. The Bertz CT molecular complexity index is 853. The Balaban J connectivity index is 1.40. The molecule has 0 radical (unpaired) electrons. The van der Waals surface area contributed by atoms with Crippen LogP contribution in [-0.2, 0) is 0 Å². The van der Waals surface area contributed by atoms with Crippen LogP contribution in [0.15, 0.2) is 42.6 Å². The van der Waals surface area contributed by atoms with Crippen molar-refractivity contribution in [2.75, 3.05) is 33.2 Å². The van der Waals surface area contributed by atoms with Gasteiger partial charge in [0.05, 0.1) is 5.69 Å². The minimum Gasteiger partial charge on any atom is -0.355 e. The first-order valence-corrected chi connectivity index (χ1v) is 9.97. The summed E-state index contributed by atoms with van der Waals surface area (Å²) in [6.45, 7) is 4.00. The first kappa shape index (κ1) is 18.6. The molecule has 2 aliphatic rings. The highest BCUT2D eigenvalue weighted by molar-refractivity contribution is 5.96. The lowest BCUT2D eigenvalue weighted by molar-refractivity contribution is 0.0203. The molecule has 2 amide bonds. The van der Waals surface area contributed by atoms with E-state index in [2.05, 4.69) is 15.2 Å². The third-order valence-corrected chi connectivity index (χ3v) is 5.73. The zero-order chi connectivity index (χ0) is 19.5. The lowest BCUT2D eigenvalue weighted by atomic mass is 10.0. The molecule has 0 bridgehead atoms. The van der Waals surface area contributed by atoms with Gasteiger partial charge in [0.15, 0.2) is 0 Å². The summed E-state index contributed by atoms with van der Waals surface area (Å²) >= 11 is 0. The largest absolute Gasteiger partial charge is 0.355 e. The van der Waals surface area contributed by atoms with Crippen LogP contribution in [0.3, 0.4) is 0 Å². The third kappa shape index (κ3) is 3.78. The van der Waals surface area contributed by atoms with E-state index in [0.29, 0.717) is 22.9 Å². The number of piperidine rings is 1. The highest BCUT2D eigenvalue weighted by atomic mass is 16.2. The van der Waals surface area contributed by atoms with Crippen molar-refractivity contribution in [2.45, 2.75) is 25.3 Å². The van der Waals surface area contributed by atoms with Gasteiger partial charge in [0.2, 0.25) is 0 Å². The van der Waals surface area contributed by atoms with E-state index >= 15 is 0 Å². The number of aromatic nitrogens is 1. The third-order valence-electron chi connectivity index (χ3n) is 5.73. The molecule has 2 aliphatic heterocycles. The number of likely N-dealkylation sites (tertiary alicyclic amines) is 2. The monoisotopic (exact) mass is 378 g/mol. The minimum atomic E-state index is -0.142. The van der Waals surface area contributed by atoms with Crippen molar-refractivity contribution in [3.63, 3.8) is 0 Å². The Labute approximate surface area is 165 Å². The maximum atomic E-state index is 12.7. The smallest absolute Gasteiger partial charge is 0.253 e. The van der Waals surface area contributed by atoms with Crippen molar-refractivity contribution in [3.8, 4) is 11.3 Å². The van der Waals surface area contributed by atoms with Crippen molar-refractivity contribution in [2.24, 2.45) is 0 Å². The summed E-state index contributed by atoms with van der Waals surface area (Å²) in [6, 6.07) is 11.5. The van der Waals surface area contributed by atoms with E-state index in [1.165, 1.54) is 32.4 Å². The molecule has 6 heteroatoms. The van der Waals surface area contributed by atoms with Crippen molar-refractivity contribution in [1.82, 2.24) is 20.1 Å². The molecule has 0 atom stereocenters. The fraction of sp³-hybridized carbons (Fsp3) is 0.409. The summed E-state index contributed by atoms with van der Waals surface area (Å²) in [6.07, 6.45) is 5.51. The molecule has 0 aliphatic carbocycles. The van der Waals surface area contributed by atoms with E-state index in [4.69, 9.17) is 0 Å². The highest BCUT2D eigenvalue weighted by Crippen LogP contribution is 2.23. The Kier molecular flexibility index (Phi) is 5.39. The second-order valence-electron chi connectivity index (χ2n) is 7.55. The van der Waals surface area contributed by atoms with E-state index in [0.717, 1.165) is 18.7 Å². The molecule has 28 heavy (non-hydrogen) atoms. The first-order chi connectivity index (χ1) is 13.7. The van der Waals surface area contributed by atoms with E-state index < -0.39 is 0 Å². The lowest BCUT2D eigenvalue weighted by Crippen LogP contribution is -2.61. The minimum absolute atomic E-state index is 0.0897. The zero-order valence-electron chi connectivity index (χ0n) is 16.2. The van der Waals surface area contributed by atoms with E-state index in [1.807, 2.05) is 29.2 Å². The summed E-state index contributed by atoms with van der Waals surface area (Å²) in [7, 11) is 1.61. The molecule has 1 N–H and O–H groups in total. The standard InChI is InChI=1S/C22H26N4O2/c1-23-21(27)18-9-10-24-20(13-18)16-5-7-17(8-6-16)22(28)26-14-19(15-26)25-11-3-2-4-12-25/h5-10,13,19H,2-4,11-12,14-15H2,1H3,(H,23,27). The van der Waals surface area contributed by atoms with Crippen molar-refractivity contribution in [3.05, 3.63) is 53.7 Å². The Morgan fingerprint density at radius 1 is 1.00 bits per heavy atom. The first-order valence-electron chi connectivity index (χ1n) is 9.97. The molecule has 2 saturated heterocycles. The summed E-state index contributed by atoms with van der Waals surface area (Å²) in [5.74, 6) is -0.0524. The van der Waals surface area contributed by atoms with Gasteiger partial charge in [-0.3, -0.25) is 19.5 Å². The summed E-state index contributed by atoms with van der Waals surface area (Å²) in [5.41, 5.74) is 2.87. The number of hydrogen-bond donors (Lipinski definition) is 1. The molecule has 3 heterocycles. The van der Waals surface area contributed by atoms with Gasteiger partial charge in [-0.2, -0.15) is 0 Å². The predicted molar refractivity (Wildman–Crippen MR) is 108 cm³/mol. The number of nitrogens with zero attached hydrogens (tertiary/aromatic N) is 3. The fourth-order valence-corrected chi connectivity index (χ4v) is 3.98. The Morgan fingerprint density at radius 3 is 2.39 bits per heavy atom. The van der Waals surface area contributed by atoms with Gasteiger partial charge in [0, 0.05) is 49.1 Å². The van der Waals surface area contributed by atoms with Crippen LogP contribution in [-0.4, -0.2) is 65.9 Å². The molecule has 1 aromatic carbocycles. The van der Waals surface area contributed by atoms with Crippen LogP contribution >= 0.6 is 0 Å². The van der Waals surface area contributed by atoms with Gasteiger partial charge < -0.3 is 10.2 Å². The SMILES string of the molecule is CNC(=O)c1ccnc(-c2ccc(C(=O)N3CC(N4CCCCC4)C3)cc2)c1. The van der Waals surface area contributed by atoms with E-state index in [9.17, 15) is 9.59 Å². The molecule has 2 fully saturated rings. The van der Waals surface area contributed by atoms with Crippen LogP contribution in [0.4, 0.5) is 0 Å². The highest BCUT2D eigenvalue weighted by Gasteiger charge is 2.35. The van der Waals surface area contributed by atoms with Gasteiger partial charge in [-0.25, -0.2) is 0 Å². The van der Waals surface area contributed by atoms with Crippen LogP contribution in [0.5, 0.6) is 0 Å². The maximum Gasteiger partial charge on any atom is 0.253 e. The number of carbonyl (C=O) groups excluding carboxylic acids is 2. The van der Waals surface area contributed by atoms with Crippen LogP contribution in [0.1, 0.15) is 40.0 Å². The van der Waals surface area contributed by atoms with Crippen LogP contribution in [0.2, 0.25) is 0 Å². The average molecular weight is 378 g/mol. The van der Waals surface area contributed by atoms with E-state index in [1.54, 1.807) is 25.4 Å². The topological polar surface area (TPSA) is 65.5 Å². The van der Waals surface area contributed by atoms with Gasteiger partial charge in [-0.05, 0) is 50.2 Å². The molecule has 0 unspecified atom stereocenters. The van der Waals surface area contributed by atoms with Gasteiger partial charge >= 0.3 is 0 Å². The second-order valence-corrected chi connectivity index (χ2v) is 7.55. The molecular formula is C22H26N4O2. The maximum absolute atomic E-state index is 12.7. The van der Waals surface area contributed by atoms with Crippen LogP contribution < -0.4 is 5.32 Å². The molecule has 0 spiro atoms. The molecule has 4 rings (SSSR count). The number of benzene rings is 1. The molecule has 1 aromatic heterocycles. The number of pyridine rings is 1. The molecule has 6 nitrogen and oxygen atoms in total. The van der Waals surface area contributed by atoms with Gasteiger partial charge in [-0.15, -0.1) is 0 Å². The zero-order valence-corrected chi connectivity index (χ0v) is 16.2. The Morgan fingerprint density at radius 2 is 1.71 bits per heavy atom. The second kappa shape index (κ2) is 8.10. The molecule has 2 aromatic rings. The van der Waals surface area contributed by atoms with Gasteiger partial charge in [0.25, 0.3) is 11.8 Å². The molecule has 0 saturated carbocycles. The predicted octanol–water partition coefficient (Wildman–Crippen LogP) is 2.42. The van der Waals surface area contributed by atoms with Crippen LogP contribution in [0, 0.1) is 0 Å².